The molecular formula is C15H18ClNO2. The van der Waals surface area contributed by atoms with Gasteiger partial charge in [0.25, 0.3) is 0 Å². The first-order chi connectivity index (χ1) is 9.02. The van der Waals surface area contributed by atoms with E-state index < -0.39 is 0 Å². The molecule has 1 aliphatic rings. The topological polar surface area (TPSA) is 46.2 Å². The lowest BCUT2D eigenvalue weighted by Gasteiger charge is -2.34. The summed E-state index contributed by atoms with van der Waals surface area (Å²) in [5.74, 6) is -0.225. The number of hydrogen-bond donors (Lipinski definition) is 1. The third-order valence-electron chi connectivity index (χ3n) is 4.00. The molecule has 1 fully saturated rings. The monoisotopic (exact) mass is 279 g/mol. The predicted molar refractivity (Wildman–Crippen MR) is 74.9 cm³/mol. The van der Waals surface area contributed by atoms with Gasteiger partial charge in [-0.05, 0) is 29.5 Å². The van der Waals surface area contributed by atoms with Crippen LogP contribution < -0.4 is 5.32 Å². The van der Waals surface area contributed by atoms with Gasteiger partial charge in [0, 0.05) is 11.4 Å². The Balaban J connectivity index is 2.34. The Morgan fingerprint density at radius 1 is 1.32 bits per heavy atom. The van der Waals surface area contributed by atoms with E-state index in [2.05, 4.69) is 19.2 Å². The minimum atomic E-state index is -0.259. The van der Waals surface area contributed by atoms with Crippen LogP contribution in [0.1, 0.15) is 38.2 Å². The van der Waals surface area contributed by atoms with Gasteiger partial charge < -0.3 is 0 Å². The van der Waals surface area contributed by atoms with Crippen molar-refractivity contribution in [3.05, 3.63) is 34.9 Å². The Bertz CT molecular complexity index is 483. The maximum atomic E-state index is 12.2. The van der Waals surface area contributed by atoms with Crippen molar-refractivity contribution >= 4 is 23.4 Å². The van der Waals surface area contributed by atoms with Gasteiger partial charge in [-0.1, -0.05) is 44.0 Å². The second-order valence-electron chi connectivity index (χ2n) is 5.20. The van der Waals surface area contributed by atoms with E-state index in [0.717, 1.165) is 12.0 Å². The maximum absolute atomic E-state index is 12.2. The van der Waals surface area contributed by atoms with Crippen LogP contribution in [-0.2, 0) is 9.59 Å². The molecule has 19 heavy (non-hydrogen) atoms. The molecule has 2 amide bonds. The number of halogens is 1. The van der Waals surface area contributed by atoms with Crippen molar-refractivity contribution in [3.8, 4) is 0 Å². The van der Waals surface area contributed by atoms with Gasteiger partial charge in [-0.2, -0.15) is 0 Å². The van der Waals surface area contributed by atoms with Crippen molar-refractivity contribution in [2.45, 2.75) is 32.6 Å². The highest BCUT2D eigenvalue weighted by molar-refractivity contribution is 6.30. The third kappa shape index (κ3) is 2.98. The van der Waals surface area contributed by atoms with Gasteiger partial charge in [-0.15, -0.1) is 0 Å². The second-order valence-corrected chi connectivity index (χ2v) is 5.63. The average Bonchev–Trinajstić information content (AvgIpc) is 2.38. The second kappa shape index (κ2) is 5.74. The Morgan fingerprint density at radius 3 is 2.53 bits per heavy atom. The highest BCUT2D eigenvalue weighted by atomic mass is 35.5. The molecule has 1 aromatic carbocycles. The molecule has 1 aromatic rings. The average molecular weight is 280 g/mol. The van der Waals surface area contributed by atoms with E-state index in [1.807, 2.05) is 12.1 Å². The van der Waals surface area contributed by atoms with E-state index in [1.165, 1.54) is 0 Å². The fourth-order valence-corrected chi connectivity index (χ4v) is 2.82. The van der Waals surface area contributed by atoms with Crippen molar-refractivity contribution in [1.29, 1.82) is 0 Å². The first kappa shape index (κ1) is 14.1. The molecule has 4 heteroatoms. The molecule has 1 aliphatic heterocycles. The molecule has 0 spiro atoms. The number of hydrogen-bond acceptors (Lipinski definition) is 2. The minimum Gasteiger partial charge on any atom is -0.296 e. The summed E-state index contributed by atoms with van der Waals surface area (Å²) in [4.78, 5) is 23.7. The molecule has 0 radical (unpaired) electrons. The zero-order valence-corrected chi connectivity index (χ0v) is 11.9. The van der Waals surface area contributed by atoms with Crippen molar-refractivity contribution in [1.82, 2.24) is 5.32 Å². The minimum absolute atomic E-state index is 0.0624. The summed E-state index contributed by atoms with van der Waals surface area (Å²) in [6.07, 6.45) is 1.36. The highest BCUT2D eigenvalue weighted by Crippen LogP contribution is 2.37. The molecular weight excluding hydrogens is 262 g/mol. The molecule has 0 aliphatic carbocycles. The summed E-state index contributed by atoms with van der Waals surface area (Å²) >= 11 is 5.88. The number of rotatable bonds is 3. The van der Waals surface area contributed by atoms with Gasteiger partial charge in [-0.3, -0.25) is 14.9 Å². The molecule has 0 bridgehead atoms. The molecule has 3 atom stereocenters. The van der Waals surface area contributed by atoms with Crippen LogP contribution in [0.15, 0.2) is 24.3 Å². The molecule has 3 nitrogen and oxygen atoms in total. The summed E-state index contributed by atoms with van der Waals surface area (Å²) in [5, 5.41) is 3.09. The lowest BCUT2D eigenvalue weighted by atomic mass is 9.73. The summed E-state index contributed by atoms with van der Waals surface area (Å²) in [7, 11) is 0. The predicted octanol–water partition coefficient (Wildman–Crippen LogP) is 3.13. The fourth-order valence-electron chi connectivity index (χ4n) is 2.69. The van der Waals surface area contributed by atoms with Crippen LogP contribution in [0, 0.1) is 11.8 Å². The van der Waals surface area contributed by atoms with Crippen molar-refractivity contribution in [2.75, 3.05) is 0 Å². The molecule has 102 valence electrons. The first-order valence-corrected chi connectivity index (χ1v) is 7.00. The summed E-state index contributed by atoms with van der Waals surface area (Å²) < 4.78 is 0. The highest BCUT2D eigenvalue weighted by Gasteiger charge is 2.39. The van der Waals surface area contributed by atoms with Crippen LogP contribution in [0.4, 0.5) is 0 Å². The van der Waals surface area contributed by atoms with Crippen LogP contribution in [0.2, 0.25) is 5.02 Å². The maximum Gasteiger partial charge on any atom is 0.234 e. The molecule has 0 aromatic heterocycles. The molecule has 1 heterocycles. The van der Waals surface area contributed by atoms with Crippen LogP contribution in [0.5, 0.6) is 0 Å². The van der Waals surface area contributed by atoms with Gasteiger partial charge in [0.2, 0.25) is 11.8 Å². The van der Waals surface area contributed by atoms with E-state index in [9.17, 15) is 9.59 Å². The summed E-state index contributed by atoms with van der Waals surface area (Å²) in [6.45, 7) is 4.18. The standard InChI is InChI=1S/C15H18ClNO2/c1-3-9(2)12-8-13(18)17-15(19)14(12)10-4-6-11(16)7-5-10/h4-7,9,12,14H,3,8H2,1-2H3,(H,17,18,19). The van der Waals surface area contributed by atoms with Crippen LogP contribution in [0.3, 0.4) is 0 Å². The number of carbonyl (C=O) groups excluding carboxylic acids is 2. The largest absolute Gasteiger partial charge is 0.296 e. The Hall–Kier alpha value is -1.35. The number of carbonyl (C=O) groups is 2. The van der Waals surface area contributed by atoms with E-state index in [4.69, 9.17) is 11.6 Å². The quantitative estimate of drug-likeness (QED) is 0.864. The number of imide groups is 1. The fraction of sp³-hybridized carbons (Fsp3) is 0.467. The van der Waals surface area contributed by atoms with Crippen LogP contribution in [-0.4, -0.2) is 11.8 Å². The van der Waals surface area contributed by atoms with E-state index in [-0.39, 0.29) is 23.7 Å². The SMILES string of the molecule is CCC(C)C1CC(=O)NC(=O)C1c1ccc(Cl)cc1. The van der Waals surface area contributed by atoms with Crippen LogP contribution >= 0.6 is 11.6 Å². The zero-order chi connectivity index (χ0) is 14.0. The van der Waals surface area contributed by atoms with Crippen LogP contribution in [0.25, 0.3) is 0 Å². The Labute approximate surface area is 118 Å². The number of piperidine rings is 1. The lowest BCUT2D eigenvalue weighted by molar-refractivity contribution is -0.137. The van der Waals surface area contributed by atoms with Crippen molar-refractivity contribution < 1.29 is 9.59 Å². The number of nitrogens with one attached hydrogen (secondary N) is 1. The third-order valence-corrected chi connectivity index (χ3v) is 4.25. The lowest BCUT2D eigenvalue weighted by Crippen LogP contribution is -2.46. The Morgan fingerprint density at radius 2 is 1.95 bits per heavy atom. The van der Waals surface area contributed by atoms with Gasteiger partial charge in [0.1, 0.15) is 0 Å². The van der Waals surface area contributed by atoms with E-state index >= 15 is 0 Å². The van der Waals surface area contributed by atoms with Gasteiger partial charge in [-0.25, -0.2) is 0 Å². The molecule has 0 saturated carbocycles. The van der Waals surface area contributed by atoms with Crippen molar-refractivity contribution in [3.63, 3.8) is 0 Å². The summed E-state index contributed by atoms with van der Waals surface area (Å²) in [6, 6.07) is 7.32. The first-order valence-electron chi connectivity index (χ1n) is 6.62. The van der Waals surface area contributed by atoms with Gasteiger partial charge >= 0.3 is 0 Å². The smallest absolute Gasteiger partial charge is 0.234 e. The van der Waals surface area contributed by atoms with Crippen molar-refractivity contribution in [2.24, 2.45) is 11.8 Å². The molecule has 2 rings (SSSR count). The Kier molecular flexibility index (Phi) is 4.25. The molecule has 1 saturated heterocycles. The van der Waals surface area contributed by atoms with Gasteiger partial charge in [0.15, 0.2) is 0 Å². The number of benzene rings is 1. The zero-order valence-electron chi connectivity index (χ0n) is 11.2. The van der Waals surface area contributed by atoms with E-state index in [1.54, 1.807) is 12.1 Å². The van der Waals surface area contributed by atoms with Gasteiger partial charge in [0.05, 0.1) is 5.92 Å². The normalized spacial score (nSPS) is 25.0. The summed E-state index contributed by atoms with van der Waals surface area (Å²) in [5.41, 5.74) is 0.930. The molecule has 3 unspecified atom stereocenters. The van der Waals surface area contributed by atoms with E-state index in [0.29, 0.717) is 17.4 Å². The number of amides is 2. The molecule has 1 N–H and O–H groups in total.